The highest BCUT2D eigenvalue weighted by atomic mass is 16.3. The van der Waals surface area contributed by atoms with Crippen molar-refractivity contribution >= 4 is 6.29 Å². The van der Waals surface area contributed by atoms with E-state index in [0.717, 1.165) is 11.1 Å². The van der Waals surface area contributed by atoms with Gasteiger partial charge in [0.15, 0.2) is 0 Å². The predicted molar refractivity (Wildman–Crippen MR) is 70.3 cm³/mol. The number of phenolic OH excluding ortho intramolecular Hbond substituents is 1. The molecule has 17 heavy (non-hydrogen) atoms. The fraction of sp³-hybridized carbons (Fsp3) is 0.533. The molecule has 0 bridgehead atoms. The van der Waals surface area contributed by atoms with Gasteiger partial charge in [-0.25, -0.2) is 0 Å². The molecule has 0 spiro atoms. The minimum Gasteiger partial charge on any atom is -0.507 e. The van der Waals surface area contributed by atoms with Gasteiger partial charge < -0.3 is 5.11 Å². The van der Waals surface area contributed by atoms with Crippen molar-refractivity contribution in [1.82, 2.24) is 0 Å². The summed E-state index contributed by atoms with van der Waals surface area (Å²) in [6.45, 7) is 12.3. The van der Waals surface area contributed by atoms with Crippen LogP contribution in [-0.2, 0) is 15.6 Å². The Balaban J connectivity index is 3.56. The lowest BCUT2D eigenvalue weighted by Gasteiger charge is -2.26. The average Bonchev–Trinajstić information content (AvgIpc) is 2.14. The first kappa shape index (κ1) is 13.8. The summed E-state index contributed by atoms with van der Waals surface area (Å²) in [6, 6.07) is 3.70. The summed E-state index contributed by atoms with van der Waals surface area (Å²) in [5, 5.41) is 10.1. The van der Waals surface area contributed by atoms with Crippen LogP contribution in [0.5, 0.6) is 5.75 Å². The van der Waals surface area contributed by atoms with Crippen LogP contribution in [0.4, 0.5) is 0 Å². The Morgan fingerprint density at radius 2 is 1.53 bits per heavy atom. The largest absolute Gasteiger partial charge is 0.507 e. The Morgan fingerprint density at radius 1 is 1.00 bits per heavy atom. The quantitative estimate of drug-likeness (QED) is 0.806. The minimum atomic E-state index is -0.197. The molecule has 1 N–H and O–H groups in total. The molecule has 1 rings (SSSR count). The van der Waals surface area contributed by atoms with Gasteiger partial charge >= 0.3 is 0 Å². The van der Waals surface area contributed by atoms with Crippen molar-refractivity contribution in [2.75, 3.05) is 0 Å². The highest BCUT2D eigenvalue weighted by molar-refractivity contribution is 5.81. The van der Waals surface area contributed by atoms with Crippen molar-refractivity contribution in [2.24, 2.45) is 0 Å². The third-order valence-electron chi connectivity index (χ3n) is 2.89. The first-order valence-electron chi connectivity index (χ1n) is 5.83. The maximum Gasteiger partial charge on any atom is 0.237 e. The van der Waals surface area contributed by atoms with Crippen molar-refractivity contribution in [3.8, 4) is 5.75 Å². The second-order valence-corrected chi connectivity index (χ2v) is 6.52. The number of hydrogen-bond donors (Lipinski definition) is 1. The summed E-state index contributed by atoms with van der Waals surface area (Å²) in [5.74, 6) is 0.0560. The third-order valence-corrected chi connectivity index (χ3v) is 2.89. The molecule has 1 aromatic carbocycles. The molecule has 0 saturated carbocycles. The van der Waals surface area contributed by atoms with E-state index in [1.54, 1.807) is 6.07 Å². The van der Waals surface area contributed by atoms with Gasteiger partial charge in [0.05, 0.1) is 5.56 Å². The molecular formula is C15H21O2. The van der Waals surface area contributed by atoms with Gasteiger partial charge in [-0.2, -0.15) is 0 Å². The van der Waals surface area contributed by atoms with Gasteiger partial charge in [-0.1, -0.05) is 47.6 Å². The molecule has 2 nitrogen and oxygen atoms in total. The number of carbonyl (C=O) groups excluding carboxylic acids is 1. The van der Waals surface area contributed by atoms with Crippen molar-refractivity contribution in [1.29, 1.82) is 0 Å². The van der Waals surface area contributed by atoms with E-state index in [9.17, 15) is 9.90 Å². The zero-order valence-electron chi connectivity index (χ0n) is 11.5. The summed E-state index contributed by atoms with van der Waals surface area (Å²) in [5.41, 5.74) is 1.83. The average molecular weight is 233 g/mol. The molecule has 0 unspecified atom stereocenters. The molecule has 0 saturated heterocycles. The van der Waals surface area contributed by atoms with Gasteiger partial charge in [0.1, 0.15) is 5.75 Å². The zero-order valence-corrected chi connectivity index (χ0v) is 11.5. The molecule has 0 heterocycles. The summed E-state index contributed by atoms with van der Waals surface area (Å²) in [6.07, 6.45) is 1.82. The Kier molecular flexibility index (Phi) is 3.37. The fourth-order valence-corrected chi connectivity index (χ4v) is 1.72. The van der Waals surface area contributed by atoms with Crippen LogP contribution in [0, 0.1) is 0 Å². The van der Waals surface area contributed by atoms with E-state index in [0.29, 0.717) is 0 Å². The van der Waals surface area contributed by atoms with Gasteiger partial charge in [-0.3, -0.25) is 4.79 Å². The number of aromatic hydroxyl groups is 1. The normalized spacial score (nSPS) is 12.6. The van der Waals surface area contributed by atoms with Crippen LogP contribution in [0.15, 0.2) is 12.1 Å². The molecule has 0 aliphatic heterocycles. The number of phenols is 1. The monoisotopic (exact) mass is 233 g/mol. The van der Waals surface area contributed by atoms with Crippen LogP contribution in [0.25, 0.3) is 0 Å². The van der Waals surface area contributed by atoms with Crippen LogP contribution in [0.1, 0.15) is 58.2 Å². The SMILES string of the molecule is CC(C)(C)c1cc([C]=O)c(O)c(C(C)(C)C)c1. The van der Waals surface area contributed by atoms with Crippen LogP contribution in [0.3, 0.4) is 0 Å². The van der Waals surface area contributed by atoms with Crippen LogP contribution in [0.2, 0.25) is 0 Å². The minimum absolute atomic E-state index is 0.0560. The molecule has 93 valence electrons. The van der Waals surface area contributed by atoms with Gasteiger partial charge in [-0.05, 0) is 22.5 Å². The van der Waals surface area contributed by atoms with Gasteiger partial charge in [0.2, 0.25) is 6.29 Å². The lowest BCUT2D eigenvalue weighted by Crippen LogP contribution is -2.17. The van der Waals surface area contributed by atoms with E-state index in [-0.39, 0.29) is 22.1 Å². The van der Waals surface area contributed by atoms with E-state index in [1.807, 2.05) is 33.1 Å². The van der Waals surface area contributed by atoms with Crippen molar-refractivity contribution < 1.29 is 9.90 Å². The Labute approximate surface area is 104 Å². The summed E-state index contributed by atoms with van der Waals surface area (Å²) >= 11 is 0. The van der Waals surface area contributed by atoms with Gasteiger partial charge in [0, 0.05) is 5.56 Å². The summed E-state index contributed by atoms with van der Waals surface area (Å²) in [4.78, 5) is 10.9. The van der Waals surface area contributed by atoms with Gasteiger partial charge in [0.25, 0.3) is 0 Å². The molecule has 0 aliphatic rings. The molecule has 0 amide bonds. The van der Waals surface area contributed by atoms with E-state index >= 15 is 0 Å². The Morgan fingerprint density at radius 3 is 1.88 bits per heavy atom. The maximum atomic E-state index is 10.9. The number of hydrogen-bond acceptors (Lipinski definition) is 2. The molecule has 0 fully saturated rings. The van der Waals surface area contributed by atoms with Gasteiger partial charge in [-0.15, -0.1) is 0 Å². The second kappa shape index (κ2) is 4.17. The predicted octanol–water partition coefficient (Wildman–Crippen LogP) is 3.45. The second-order valence-electron chi connectivity index (χ2n) is 6.52. The molecule has 0 atom stereocenters. The van der Waals surface area contributed by atoms with E-state index < -0.39 is 0 Å². The van der Waals surface area contributed by atoms with E-state index in [2.05, 4.69) is 20.8 Å². The maximum absolute atomic E-state index is 10.9. The number of benzene rings is 1. The zero-order chi connectivity index (χ0) is 13.4. The third kappa shape index (κ3) is 2.87. The van der Waals surface area contributed by atoms with Crippen molar-refractivity contribution in [3.63, 3.8) is 0 Å². The van der Waals surface area contributed by atoms with Crippen LogP contribution in [-0.4, -0.2) is 11.4 Å². The molecule has 1 radical (unpaired) electrons. The molecule has 1 aromatic rings. The smallest absolute Gasteiger partial charge is 0.237 e. The summed E-state index contributed by atoms with van der Waals surface area (Å²) < 4.78 is 0. The molecular weight excluding hydrogens is 212 g/mol. The number of rotatable bonds is 1. The molecule has 0 aromatic heterocycles. The first-order valence-corrected chi connectivity index (χ1v) is 5.83. The highest BCUT2D eigenvalue weighted by Gasteiger charge is 2.24. The molecule has 2 heteroatoms. The highest BCUT2D eigenvalue weighted by Crippen LogP contribution is 2.36. The Hall–Kier alpha value is -1.31. The molecule has 0 aliphatic carbocycles. The lowest BCUT2D eigenvalue weighted by atomic mass is 9.79. The fourth-order valence-electron chi connectivity index (χ4n) is 1.72. The topological polar surface area (TPSA) is 37.3 Å². The van der Waals surface area contributed by atoms with E-state index in [1.165, 1.54) is 0 Å². The summed E-state index contributed by atoms with van der Waals surface area (Å²) in [7, 11) is 0. The lowest BCUT2D eigenvalue weighted by molar-refractivity contribution is 0.442. The first-order chi connectivity index (χ1) is 7.57. The van der Waals surface area contributed by atoms with E-state index in [4.69, 9.17) is 0 Å². The van der Waals surface area contributed by atoms with Crippen LogP contribution >= 0.6 is 0 Å². The standard InChI is InChI=1S/C15H21O2/c1-14(2,3)11-7-10(9-16)13(17)12(8-11)15(4,5)6/h7-8,17H,1-6H3. The van der Waals surface area contributed by atoms with Crippen LogP contribution < -0.4 is 0 Å². The van der Waals surface area contributed by atoms with Crippen molar-refractivity contribution in [2.45, 2.75) is 52.4 Å². The Bertz CT molecular complexity index is 431. The van der Waals surface area contributed by atoms with Crippen molar-refractivity contribution in [3.05, 3.63) is 28.8 Å².